The van der Waals surface area contributed by atoms with Gasteiger partial charge in [-0.05, 0) is 42.9 Å². The number of hydrogen-bond acceptors (Lipinski definition) is 3. The van der Waals surface area contributed by atoms with Crippen LogP contribution in [-0.4, -0.2) is 17.5 Å². The van der Waals surface area contributed by atoms with E-state index in [9.17, 15) is 4.39 Å². The lowest BCUT2D eigenvalue weighted by atomic mass is 9.84. The quantitative estimate of drug-likeness (QED) is 0.884. The lowest BCUT2D eigenvalue weighted by Crippen LogP contribution is -2.32. The Morgan fingerprint density at radius 2 is 2.11 bits per heavy atom. The predicted octanol–water partition coefficient (Wildman–Crippen LogP) is 4.46. The molecule has 104 valence electrons. The van der Waals surface area contributed by atoms with Crippen LogP contribution in [0.3, 0.4) is 0 Å². The number of nitrogens with one attached hydrogen (secondary N) is 1. The van der Waals surface area contributed by atoms with Crippen molar-refractivity contribution >= 4 is 22.6 Å². The van der Waals surface area contributed by atoms with Crippen LogP contribution in [-0.2, 0) is 0 Å². The van der Waals surface area contributed by atoms with E-state index >= 15 is 0 Å². The summed E-state index contributed by atoms with van der Waals surface area (Å²) in [6.07, 6.45) is 2.29. The van der Waals surface area contributed by atoms with E-state index in [-0.39, 0.29) is 5.82 Å². The van der Waals surface area contributed by atoms with E-state index in [0.717, 1.165) is 35.9 Å². The molecular formula is C15H21FN2S. The molecule has 4 heteroatoms. The standard InChI is InChI=1S/C15H21FN2S/c1-4-15(5-2)9-17-14(19-10-15)18-13-8-11(3)6-7-12(13)16/h6-8H,4-5,9-10H2,1-3H3,(H,17,18). The van der Waals surface area contributed by atoms with Gasteiger partial charge in [-0.15, -0.1) is 0 Å². The minimum atomic E-state index is -0.225. The van der Waals surface area contributed by atoms with E-state index in [1.165, 1.54) is 6.07 Å². The molecule has 0 spiro atoms. The molecule has 0 saturated carbocycles. The minimum Gasteiger partial charge on any atom is -0.333 e. The number of aryl methyl sites for hydroxylation is 1. The molecule has 19 heavy (non-hydrogen) atoms. The van der Waals surface area contributed by atoms with Crippen molar-refractivity contribution in [2.24, 2.45) is 10.4 Å². The van der Waals surface area contributed by atoms with Gasteiger partial charge in [0.25, 0.3) is 0 Å². The maximum atomic E-state index is 13.7. The van der Waals surface area contributed by atoms with Crippen molar-refractivity contribution in [1.29, 1.82) is 0 Å². The summed E-state index contributed by atoms with van der Waals surface area (Å²) < 4.78 is 13.7. The smallest absolute Gasteiger partial charge is 0.161 e. The molecule has 0 bridgehead atoms. The highest BCUT2D eigenvalue weighted by molar-refractivity contribution is 8.14. The van der Waals surface area contributed by atoms with E-state index in [1.807, 2.05) is 13.0 Å². The van der Waals surface area contributed by atoms with Crippen LogP contribution in [0.1, 0.15) is 32.3 Å². The minimum absolute atomic E-state index is 0.225. The van der Waals surface area contributed by atoms with E-state index in [0.29, 0.717) is 11.1 Å². The Kier molecular flexibility index (Phi) is 4.50. The average Bonchev–Trinajstić information content (AvgIpc) is 2.44. The molecule has 0 atom stereocenters. The molecule has 1 aromatic rings. The molecule has 1 aliphatic heterocycles. The van der Waals surface area contributed by atoms with Crippen molar-refractivity contribution in [2.45, 2.75) is 33.6 Å². The van der Waals surface area contributed by atoms with Gasteiger partial charge in [0.15, 0.2) is 5.17 Å². The van der Waals surface area contributed by atoms with Gasteiger partial charge in [-0.25, -0.2) is 4.39 Å². The SMILES string of the molecule is CCC1(CC)CN=C(Nc2cc(C)ccc2F)SC1. The lowest BCUT2D eigenvalue weighted by Gasteiger charge is -2.33. The van der Waals surface area contributed by atoms with Gasteiger partial charge in [0.05, 0.1) is 5.69 Å². The van der Waals surface area contributed by atoms with Crippen molar-refractivity contribution < 1.29 is 4.39 Å². The van der Waals surface area contributed by atoms with Crippen LogP contribution in [0.5, 0.6) is 0 Å². The van der Waals surface area contributed by atoms with Gasteiger partial charge in [-0.1, -0.05) is 31.7 Å². The van der Waals surface area contributed by atoms with Crippen LogP contribution in [0.2, 0.25) is 0 Å². The number of hydrogen-bond donors (Lipinski definition) is 1. The molecule has 0 unspecified atom stereocenters. The van der Waals surface area contributed by atoms with Gasteiger partial charge in [0.1, 0.15) is 5.82 Å². The number of rotatable bonds is 3. The number of anilines is 1. The third-order valence-corrected chi connectivity index (χ3v) is 5.20. The van der Waals surface area contributed by atoms with Gasteiger partial charge in [-0.2, -0.15) is 0 Å². The van der Waals surface area contributed by atoms with E-state index in [2.05, 4.69) is 24.2 Å². The normalized spacial score (nSPS) is 18.0. The Morgan fingerprint density at radius 3 is 2.68 bits per heavy atom. The highest BCUT2D eigenvalue weighted by atomic mass is 32.2. The van der Waals surface area contributed by atoms with Gasteiger partial charge >= 0.3 is 0 Å². The van der Waals surface area contributed by atoms with Crippen LogP contribution in [0.25, 0.3) is 0 Å². The highest BCUT2D eigenvalue weighted by Crippen LogP contribution is 2.35. The second-order valence-electron chi connectivity index (χ2n) is 5.23. The van der Waals surface area contributed by atoms with Crippen molar-refractivity contribution in [3.05, 3.63) is 29.6 Å². The molecule has 0 aromatic heterocycles. The fourth-order valence-corrected chi connectivity index (χ4v) is 3.44. The first-order chi connectivity index (χ1) is 9.08. The molecule has 2 rings (SSSR count). The third-order valence-electron chi connectivity index (χ3n) is 3.94. The van der Waals surface area contributed by atoms with Crippen LogP contribution >= 0.6 is 11.8 Å². The third kappa shape index (κ3) is 3.30. The maximum absolute atomic E-state index is 13.7. The summed E-state index contributed by atoms with van der Waals surface area (Å²) in [5, 5.41) is 3.95. The van der Waals surface area contributed by atoms with Gasteiger partial charge in [0.2, 0.25) is 0 Å². The fraction of sp³-hybridized carbons (Fsp3) is 0.533. The first kappa shape index (κ1) is 14.4. The zero-order chi connectivity index (χ0) is 13.9. The van der Waals surface area contributed by atoms with E-state index in [1.54, 1.807) is 17.8 Å². The number of thioether (sulfide) groups is 1. The van der Waals surface area contributed by atoms with Crippen LogP contribution in [0.4, 0.5) is 10.1 Å². The van der Waals surface area contributed by atoms with E-state index in [4.69, 9.17) is 0 Å². The first-order valence-electron chi connectivity index (χ1n) is 6.79. The molecule has 1 N–H and O–H groups in total. The Morgan fingerprint density at radius 1 is 1.37 bits per heavy atom. The van der Waals surface area contributed by atoms with Crippen LogP contribution in [0.15, 0.2) is 23.2 Å². The monoisotopic (exact) mass is 280 g/mol. The molecule has 1 heterocycles. The van der Waals surface area contributed by atoms with Crippen LogP contribution in [0, 0.1) is 18.2 Å². The Balaban J connectivity index is 2.09. The summed E-state index contributed by atoms with van der Waals surface area (Å²) in [6.45, 7) is 7.23. The largest absolute Gasteiger partial charge is 0.333 e. The summed E-state index contributed by atoms with van der Waals surface area (Å²) in [5.41, 5.74) is 1.88. The molecule has 0 aliphatic carbocycles. The molecule has 0 fully saturated rings. The van der Waals surface area contributed by atoms with Crippen molar-refractivity contribution in [3.63, 3.8) is 0 Å². The molecule has 0 amide bonds. The van der Waals surface area contributed by atoms with Gasteiger partial charge in [-0.3, -0.25) is 4.99 Å². The van der Waals surface area contributed by atoms with Crippen molar-refractivity contribution in [3.8, 4) is 0 Å². The molecule has 0 saturated heterocycles. The van der Waals surface area contributed by atoms with E-state index < -0.39 is 0 Å². The Hall–Kier alpha value is -1.03. The van der Waals surface area contributed by atoms with Crippen molar-refractivity contribution in [1.82, 2.24) is 0 Å². The number of amidine groups is 1. The summed E-state index contributed by atoms with van der Waals surface area (Å²) in [5.74, 6) is 0.830. The zero-order valence-electron chi connectivity index (χ0n) is 11.8. The molecule has 1 aliphatic rings. The average molecular weight is 280 g/mol. The lowest BCUT2D eigenvalue weighted by molar-refractivity contribution is 0.318. The number of halogens is 1. The summed E-state index contributed by atoms with van der Waals surface area (Å²) >= 11 is 1.70. The maximum Gasteiger partial charge on any atom is 0.161 e. The summed E-state index contributed by atoms with van der Waals surface area (Å²) in [6, 6.07) is 5.09. The first-order valence-corrected chi connectivity index (χ1v) is 7.77. The second-order valence-corrected chi connectivity index (χ2v) is 6.19. The number of nitrogens with zero attached hydrogens (tertiary/aromatic N) is 1. The van der Waals surface area contributed by atoms with Gasteiger partial charge < -0.3 is 5.32 Å². The Bertz CT molecular complexity index is 481. The molecule has 0 radical (unpaired) electrons. The van der Waals surface area contributed by atoms with Gasteiger partial charge in [0, 0.05) is 12.3 Å². The van der Waals surface area contributed by atoms with Crippen molar-refractivity contribution in [2.75, 3.05) is 17.6 Å². The molecule has 1 aromatic carbocycles. The Labute approximate surface area is 118 Å². The number of benzene rings is 1. The summed E-state index contributed by atoms with van der Waals surface area (Å²) in [7, 11) is 0. The fourth-order valence-electron chi connectivity index (χ4n) is 2.16. The highest BCUT2D eigenvalue weighted by Gasteiger charge is 2.30. The molecule has 2 nitrogen and oxygen atoms in total. The number of aliphatic imine (C=N–C) groups is 1. The zero-order valence-corrected chi connectivity index (χ0v) is 12.6. The summed E-state index contributed by atoms with van der Waals surface area (Å²) in [4.78, 5) is 4.59. The second kappa shape index (κ2) is 5.95. The van der Waals surface area contributed by atoms with Crippen LogP contribution < -0.4 is 5.32 Å². The molecular weight excluding hydrogens is 259 g/mol. The topological polar surface area (TPSA) is 24.4 Å². The predicted molar refractivity (Wildman–Crippen MR) is 82.5 cm³/mol.